The summed E-state index contributed by atoms with van der Waals surface area (Å²) >= 11 is 0. The van der Waals surface area contributed by atoms with E-state index in [1.54, 1.807) is 0 Å². The molecule has 0 spiro atoms. The van der Waals surface area contributed by atoms with Gasteiger partial charge in [0.15, 0.2) is 0 Å². The minimum absolute atomic E-state index is 0.111. The van der Waals surface area contributed by atoms with Gasteiger partial charge >= 0.3 is 0 Å². The summed E-state index contributed by atoms with van der Waals surface area (Å²) < 4.78 is 33.6. The summed E-state index contributed by atoms with van der Waals surface area (Å²) in [6.07, 6.45) is 1.00. The summed E-state index contributed by atoms with van der Waals surface area (Å²) in [5.41, 5.74) is 0.930. The lowest BCUT2D eigenvalue weighted by Crippen LogP contribution is -2.19. The molecule has 4 nitrogen and oxygen atoms in total. The third-order valence-corrected chi connectivity index (χ3v) is 4.55. The molecule has 6 heteroatoms. The first-order valence-corrected chi connectivity index (χ1v) is 9.15. The van der Waals surface area contributed by atoms with Crippen LogP contribution in [-0.4, -0.2) is 40.6 Å². The fourth-order valence-electron chi connectivity index (χ4n) is 2.30. The number of ether oxygens (including phenoxy) is 2. The van der Waals surface area contributed by atoms with Gasteiger partial charge in [0.05, 0.1) is 25.6 Å². The monoisotopic (exact) mass is 318 g/mol. The molecule has 0 bridgehead atoms. The molecule has 1 aromatic carbocycles. The van der Waals surface area contributed by atoms with Gasteiger partial charge in [0.1, 0.15) is 0 Å². The summed E-state index contributed by atoms with van der Waals surface area (Å²) in [4.78, 5) is 0. The molecular formula is C14H19ClO4S. The lowest BCUT2D eigenvalue weighted by Gasteiger charge is -2.17. The zero-order valence-electron chi connectivity index (χ0n) is 11.2. The van der Waals surface area contributed by atoms with Crippen molar-refractivity contribution in [3.8, 4) is 0 Å². The Kier molecular flexibility index (Phi) is 5.84. The third-order valence-electron chi connectivity index (χ3n) is 3.37. The fourth-order valence-corrected chi connectivity index (χ4v) is 3.52. The molecule has 0 radical (unpaired) electrons. The van der Waals surface area contributed by atoms with Gasteiger partial charge in [0, 0.05) is 29.1 Å². The first-order chi connectivity index (χ1) is 9.54. The van der Waals surface area contributed by atoms with Gasteiger partial charge in [0.2, 0.25) is 9.05 Å². The summed E-state index contributed by atoms with van der Waals surface area (Å²) in [6.45, 7) is 2.47. The predicted molar refractivity (Wildman–Crippen MR) is 78.6 cm³/mol. The predicted octanol–water partition coefficient (Wildman–Crippen LogP) is 2.39. The lowest BCUT2D eigenvalue weighted by molar-refractivity contribution is 0.0829. The van der Waals surface area contributed by atoms with Gasteiger partial charge in [-0.05, 0) is 12.0 Å². The molecule has 1 aliphatic rings. The van der Waals surface area contributed by atoms with Crippen LogP contribution in [0.2, 0.25) is 0 Å². The molecule has 0 aromatic heterocycles. The number of rotatable bonds is 7. The molecule has 1 saturated heterocycles. The van der Waals surface area contributed by atoms with E-state index in [0.29, 0.717) is 19.1 Å². The second kappa shape index (κ2) is 7.41. The molecular weight excluding hydrogens is 300 g/mol. The van der Waals surface area contributed by atoms with Crippen molar-refractivity contribution >= 4 is 19.7 Å². The van der Waals surface area contributed by atoms with Crippen LogP contribution < -0.4 is 0 Å². The number of hydrogen-bond acceptors (Lipinski definition) is 4. The highest BCUT2D eigenvalue weighted by atomic mass is 35.7. The van der Waals surface area contributed by atoms with Crippen LogP contribution in [0.15, 0.2) is 30.3 Å². The van der Waals surface area contributed by atoms with Gasteiger partial charge in [-0.15, -0.1) is 0 Å². The molecule has 0 amide bonds. The first kappa shape index (κ1) is 15.8. The van der Waals surface area contributed by atoms with Gasteiger partial charge in [-0.3, -0.25) is 0 Å². The van der Waals surface area contributed by atoms with E-state index in [1.165, 1.54) is 0 Å². The highest BCUT2D eigenvalue weighted by molar-refractivity contribution is 8.13. The Hall–Kier alpha value is -0.620. The van der Waals surface area contributed by atoms with E-state index in [2.05, 4.69) is 0 Å². The maximum absolute atomic E-state index is 11.3. The number of benzene rings is 1. The van der Waals surface area contributed by atoms with Crippen molar-refractivity contribution in [3.05, 3.63) is 35.9 Å². The largest absolute Gasteiger partial charge is 0.381 e. The second-order valence-corrected chi connectivity index (χ2v) is 7.90. The standard InChI is InChI=1S/C14H19ClO4S/c15-20(16,17)11-14(13-4-2-1-3-5-13)10-19-9-12-6-7-18-8-12/h1-5,12,14H,6-11H2. The van der Waals surface area contributed by atoms with E-state index in [9.17, 15) is 8.42 Å². The van der Waals surface area contributed by atoms with Crippen LogP contribution in [0.4, 0.5) is 0 Å². The van der Waals surface area contributed by atoms with Crippen LogP contribution in [0.5, 0.6) is 0 Å². The molecule has 112 valence electrons. The Bertz CT molecular complexity index is 497. The average molecular weight is 319 g/mol. The summed E-state index contributed by atoms with van der Waals surface area (Å²) in [5.74, 6) is 0.0692. The normalized spacial score (nSPS) is 20.9. The Morgan fingerprint density at radius 3 is 2.70 bits per heavy atom. The van der Waals surface area contributed by atoms with E-state index >= 15 is 0 Å². The molecule has 0 N–H and O–H groups in total. The van der Waals surface area contributed by atoms with Gasteiger partial charge in [0.25, 0.3) is 0 Å². The highest BCUT2D eigenvalue weighted by Crippen LogP contribution is 2.21. The zero-order chi connectivity index (χ0) is 14.4. The molecule has 1 aliphatic heterocycles. The van der Waals surface area contributed by atoms with Gasteiger partial charge in [-0.25, -0.2) is 8.42 Å². The van der Waals surface area contributed by atoms with E-state index < -0.39 is 9.05 Å². The minimum atomic E-state index is -3.55. The van der Waals surface area contributed by atoms with E-state index in [0.717, 1.165) is 25.2 Å². The Labute approximate surface area is 124 Å². The minimum Gasteiger partial charge on any atom is -0.381 e. The van der Waals surface area contributed by atoms with E-state index in [4.69, 9.17) is 20.2 Å². The van der Waals surface area contributed by atoms with Crippen LogP contribution >= 0.6 is 10.7 Å². The molecule has 0 saturated carbocycles. The van der Waals surface area contributed by atoms with Crippen molar-refractivity contribution in [2.24, 2.45) is 5.92 Å². The van der Waals surface area contributed by atoms with E-state index in [-0.39, 0.29) is 11.7 Å². The van der Waals surface area contributed by atoms with E-state index in [1.807, 2.05) is 30.3 Å². The molecule has 2 atom stereocenters. The highest BCUT2D eigenvalue weighted by Gasteiger charge is 2.21. The maximum Gasteiger partial charge on any atom is 0.233 e. The molecule has 1 aromatic rings. The number of hydrogen-bond donors (Lipinski definition) is 0. The first-order valence-electron chi connectivity index (χ1n) is 6.67. The zero-order valence-corrected chi connectivity index (χ0v) is 12.8. The smallest absolute Gasteiger partial charge is 0.233 e. The SMILES string of the molecule is O=S(=O)(Cl)CC(COCC1CCOC1)c1ccccc1. The van der Waals surface area contributed by atoms with Crippen molar-refractivity contribution in [2.45, 2.75) is 12.3 Å². The molecule has 20 heavy (non-hydrogen) atoms. The van der Waals surface area contributed by atoms with Crippen molar-refractivity contribution in [2.75, 3.05) is 32.2 Å². The van der Waals surface area contributed by atoms with Crippen LogP contribution in [0, 0.1) is 5.92 Å². The van der Waals surface area contributed by atoms with Crippen molar-refractivity contribution in [1.82, 2.24) is 0 Å². The van der Waals surface area contributed by atoms with Crippen LogP contribution in [0.1, 0.15) is 17.9 Å². The van der Waals surface area contributed by atoms with Crippen molar-refractivity contribution in [3.63, 3.8) is 0 Å². The van der Waals surface area contributed by atoms with Gasteiger partial charge in [-0.2, -0.15) is 0 Å². The lowest BCUT2D eigenvalue weighted by atomic mass is 10.0. The Morgan fingerprint density at radius 1 is 1.35 bits per heavy atom. The molecule has 1 fully saturated rings. The average Bonchev–Trinajstić information content (AvgIpc) is 2.90. The van der Waals surface area contributed by atoms with Crippen molar-refractivity contribution in [1.29, 1.82) is 0 Å². The topological polar surface area (TPSA) is 52.6 Å². The fraction of sp³-hybridized carbons (Fsp3) is 0.571. The summed E-state index contributed by atoms with van der Waals surface area (Å²) in [6, 6.07) is 9.46. The van der Waals surface area contributed by atoms with Crippen LogP contribution in [0.3, 0.4) is 0 Å². The molecule has 0 aliphatic carbocycles. The van der Waals surface area contributed by atoms with Gasteiger partial charge < -0.3 is 9.47 Å². The molecule has 1 heterocycles. The molecule has 2 unspecified atom stereocenters. The van der Waals surface area contributed by atoms with Gasteiger partial charge in [-0.1, -0.05) is 30.3 Å². The van der Waals surface area contributed by atoms with Crippen LogP contribution in [-0.2, 0) is 18.5 Å². The third kappa shape index (κ3) is 5.40. The van der Waals surface area contributed by atoms with Crippen molar-refractivity contribution < 1.29 is 17.9 Å². The number of halogens is 1. The maximum atomic E-state index is 11.3. The quantitative estimate of drug-likeness (QED) is 0.724. The summed E-state index contributed by atoms with van der Waals surface area (Å²) in [5, 5.41) is 0. The van der Waals surface area contributed by atoms with Crippen LogP contribution in [0.25, 0.3) is 0 Å². The molecule has 2 rings (SSSR count). The Morgan fingerprint density at radius 2 is 2.10 bits per heavy atom. The Balaban J connectivity index is 1.92. The summed E-state index contributed by atoms with van der Waals surface area (Å²) in [7, 11) is 1.83. The second-order valence-electron chi connectivity index (χ2n) is 5.08.